The minimum Gasteiger partial charge on any atom is -0.478 e. The van der Waals surface area contributed by atoms with E-state index in [1.54, 1.807) is 12.1 Å². The van der Waals surface area contributed by atoms with E-state index in [0.717, 1.165) is 52.5 Å². The Hall–Kier alpha value is -2.90. The van der Waals surface area contributed by atoms with Gasteiger partial charge >= 0.3 is 5.97 Å². The summed E-state index contributed by atoms with van der Waals surface area (Å²) < 4.78 is 17.5. The van der Waals surface area contributed by atoms with Gasteiger partial charge in [-0.25, -0.2) is 9.18 Å². The number of amides is 1. The van der Waals surface area contributed by atoms with Crippen molar-refractivity contribution in [1.29, 1.82) is 0 Å². The largest absolute Gasteiger partial charge is 0.478 e. The van der Waals surface area contributed by atoms with E-state index in [-0.39, 0.29) is 23.9 Å². The van der Waals surface area contributed by atoms with Crippen LogP contribution >= 0.6 is 11.6 Å². The van der Waals surface area contributed by atoms with Crippen molar-refractivity contribution in [2.24, 2.45) is 0 Å². The molecule has 6 nitrogen and oxygen atoms in total. The van der Waals surface area contributed by atoms with Gasteiger partial charge in [0.05, 0.1) is 17.8 Å². The fraction of sp³-hybridized carbons (Fsp3) is 0.429. The third-order valence-corrected chi connectivity index (χ3v) is 7.72. The van der Waals surface area contributed by atoms with E-state index in [4.69, 9.17) is 11.6 Å². The molecule has 2 heterocycles. The molecule has 2 aliphatic rings. The Bertz CT molecular complexity index is 1340. The molecule has 8 heteroatoms. The van der Waals surface area contributed by atoms with Gasteiger partial charge in [0.15, 0.2) is 0 Å². The molecule has 3 aromatic rings. The van der Waals surface area contributed by atoms with Gasteiger partial charge in [0, 0.05) is 47.0 Å². The summed E-state index contributed by atoms with van der Waals surface area (Å²) in [5, 5.41) is 11.2. The average molecular weight is 512 g/mol. The lowest BCUT2D eigenvalue weighted by molar-refractivity contribution is -0.132. The molecule has 0 spiro atoms. The van der Waals surface area contributed by atoms with Gasteiger partial charge in [-0.3, -0.25) is 4.79 Å². The normalized spacial score (nSPS) is 20.1. The lowest BCUT2D eigenvalue weighted by atomic mass is 9.80. The molecule has 1 fully saturated rings. The first kappa shape index (κ1) is 24.8. The second kappa shape index (κ2) is 9.87. The van der Waals surface area contributed by atoms with Crippen LogP contribution in [0.5, 0.6) is 0 Å². The average Bonchev–Trinajstić information content (AvgIpc) is 3.12. The molecule has 5 rings (SSSR count). The Labute approximate surface area is 215 Å². The quantitative estimate of drug-likeness (QED) is 0.498. The highest BCUT2D eigenvalue weighted by molar-refractivity contribution is 6.30. The van der Waals surface area contributed by atoms with Crippen LogP contribution < -0.4 is 0 Å². The Balaban J connectivity index is 1.77. The molecule has 1 N–H and O–H groups in total. The van der Waals surface area contributed by atoms with Crippen molar-refractivity contribution in [3.05, 3.63) is 58.1 Å². The van der Waals surface area contributed by atoms with Crippen molar-refractivity contribution in [3.8, 4) is 11.3 Å². The first-order valence-electron chi connectivity index (χ1n) is 12.5. The van der Waals surface area contributed by atoms with Crippen molar-refractivity contribution in [3.63, 3.8) is 0 Å². The number of hydrogen-bond donors (Lipinski definition) is 1. The molecule has 2 atom stereocenters. The zero-order valence-corrected chi connectivity index (χ0v) is 21.4. The molecular formula is C28H31ClFN3O3. The minimum atomic E-state index is -1.00. The molecule has 1 aliphatic carbocycles. The number of likely N-dealkylation sites (N-methyl/N-ethyl adjacent to an activating group) is 1. The van der Waals surface area contributed by atoms with Crippen molar-refractivity contribution in [2.75, 3.05) is 27.2 Å². The third-order valence-electron chi connectivity index (χ3n) is 7.48. The SMILES string of the molecule is CN(C)CC(=O)N1CCn2c(c([C@@H]3CCCC[C@H]3F)c3ccc(C(=O)O)cc32)-c2ccc(Cl)cc2C1. The Morgan fingerprint density at radius 2 is 1.89 bits per heavy atom. The Morgan fingerprint density at radius 3 is 2.61 bits per heavy atom. The molecule has 190 valence electrons. The highest BCUT2D eigenvalue weighted by Crippen LogP contribution is 2.46. The number of hydrogen-bond acceptors (Lipinski definition) is 3. The lowest BCUT2D eigenvalue weighted by Gasteiger charge is -2.31. The molecular weight excluding hydrogens is 481 g/mol. The molecule has 1 aromatic heterocycles. The summed E-state index contributed by atoms with van der Waals surface area (Å²) in [5.41, 5.74) is 4.65. The summed E-state index contributed by atoms with van der Waals surface area (Å²) in [6.07, 6.45) is 2.18. The van der Waals surface area contributed by atoms with Gasteiger partial charge in [-0.1, -0.05) is 36.6 Å². The van der Waals surface area contributed by atoms with E-state index in [2.05, 4.69) is 4.57 Å². The van der Waals surface area contributed by atoms with Crippen LogP contribution in [0.3, 0.4) is 0 Å². The summed E-state index contributed by atoms with van der Waals surface area (Å²) in [5.74, 6) is -1.26. The molecule has 36 heavy (non-hydrogen) atoms. The number of aromatic nitrogens is 1. The van der Waals surface area contributed by atoms with E-state index in [1.807, 2.05) is 48.2 Å². The number of alkyl halides is 1. The summed E-state index contributed by atoms with van der Waals surface area (Å²) in [6, 6.07) is 10.8. The fourth-order valence-electron chi connectivity index (χ4n) is 5.83. The number of rotatable bonds is 4. The van der Waals surface area contributed by atoms with Crippen molar-refractivity contribution < 1.29 is 19.1 Å². The van der Waals surface area contributed by atoms with Gasteiger partial charge in [0.1, 0.15) is 6.17 Å². The summed E-state index contributed by atoms with van der Waals surface area (Å²) >= 11 is 6.41. The number of halogens is 2. The maximum absolute atomic E-state index is 15.4. The van der Waals surface area contributed by atoms with Crippen LogP contribution in [0.4, 0.5) is 4.39 Å². The predicted molar refractivity (Wildman–Crippen MR) is 139 cm³/mol. The van der Waals surface area contributed by atoms with Gasteiger partial charge in [-0.05, 0) is 62.3 Å². The molecule has 1 saturated carbocycles. The van der Waals surface area contributed by atoms with E-state index in [0.29, 0.717) is 31.1 Å². The maximum atomic E-state index is 15.4. The zero-order chi connectivity index (χ0) is 25.6. The number of carbonyl (C=O) groups is 2. The molecule has 2 aromatic carbocycles. The van der Waals surface area contributed by atoms with Crippen LogP contribution in [0.15, 0.2) is 36.4 Å². The van der Waals surface area contributed by atoms with Crippen LogP contribution in [0.2, 0.25) is 5.02 Å². The minimum absolute atomic E-state index is 0.00777. The third kappa shape index (κ3) is 4.50. The summed E-state index contributed by atoms with van der Waals surface area (Å²) in [7, 11) is 3.73. The molecule has 0 unspecified atom stereocenters. The monoisotopic (exact) mass is 511 g/mol. The van der Waals surface area contributed by atoms with Crippen molar-refractivity contribution >= 4 is 34.4 Å². The first-order valence-corrected chi connectivity index (χ1v) is 12.9. The Kier molecular flexibility index (Phi) is 6.79. The van der Waals surface area contributed by atoms with Crippen LogP contribution in [-0.4, -0.2) is 64.7 Å². The highest BCUT2D eigenvalue weighted by Gasteiger charge is 2.34. The standard InChI is InChI=1S/C28H31ClFN3O3/c1-31(2)16-25(34)32-11-12-33-24-14-17(28(35)36)7-9-22(24)26(21-5-3-4-6-23(21)30)27(33)20-10-8-19(29)13-18(20)15-32/h7-10,13-14,21,23H,3-6,11-12,15-16H2,1-2H3,(H,35,36)/t21-,23-/m1/s1. The van der Waals surface area contributed by atoms with Gasteiger partial charge in [-0.2, -0.15) is 0 Å². The second-order valence-corrected chi connectivity index (χ2v) is 10.6. The highest BCUT2D eigenvalue weighted by atomic mass is 35.5. The maximum Gasteiger partial charge on any atom is 0.335 e. The molecule has 0 saturated heterocycles. The smallest absolute Gasteiger partial charge is 0.335 e. The number of aromatic carboxylic acids is 1. The number of nitrogens with zero attached hydrogens (tertiary/aromatic N) is 3. The summed E-state index contributed by atoms with van der Waals surface area (Å²) in [6.45, 7) is 1.64. The van der Waals surface area contributed by atoms with E-state index >= 15 is 4.39 Å². The van der Waals surface area contributed by atoms with Crippen LogP contribution in [0.25, 0.3) is 22.2 Å². The van der Waals surface area contributed by atoms with E-state index < -0.39 is 12.1 Å². The molecule has 1 amide bonds. The Morgan fingerprint density at radius 1 is 1.11 bits per heavy atom. The number of carboxylic acid groups (broad SMARTS) is 1. The number of benzene rings is 2. The van der Waals surface area contributed by atoms with Crippen LogP contribution in [0, 0.1) is 0 Å². The number of carbonyl (C=O) groups excluding carboxylic acids is 1. The predicted octanol–water partition coefficient (Wildman–Crippen LogP) is 5.56. The second-order valence-electron chi connectivity index (χ2n) is 10.2. The topological polar surface area (TPSA) is 65.8 Å². The van der Waals surface area contributed by atoms with Gasteiger partial charge in [0.25, 0.3) is 0 Å². The first-order chi connectivity index (χ1) is 17.2. The van der Waals surface area contributed by atoms with Crippen molar-refractivity contribution in [2.45, 2.75) is 50.9 Å². The van der Waals surface area contributed by atoms with Gasteiger partial charge in [0.2, 0.25) is 5.91 Å². The zero-order valence-electron chi connectivity index (χ0n) is 20.6. The van der Waals surface area contributed by atoms with E-state index in [1.165, 1.54) is 0 Å². The number of fused-ring (bicyclic) bond motifs is 5. The van der Waals surface area contributed by atoms with Gasteiger partial charge < -0.3 is 19.5 Å². The lowest BCUT2D eigenvalue weighted by Crippen LogP contribution is -2.40. The molecule has 1 aliphatic heterocycles. The van der Waals surface area contributed by atoms with Crippen molar-refractivity contribution in [1.82, 2.24) is 14.4 Å². The fourth-order valence-corrected chi connectivity index (χ4v) is 6.03. The summed E-state index contributed by atoms with van der Waals surface area (Å²) in [4.78, 5) is 28.6. The van der Waals surface area contributed by atoms with E-state index in [9.17, 15) is 14.7 Å². The number of carboxylic acids is 1. The molecule has 0 radical (unpaired) electrons. The molecule has 0 bridgehead atoms. The van der Waals surface area contributed by atoms with Crippen LogP contribution in [0.1, 0.15) is 53.1 Å². The van der Waals surface area contributed by atoms with Crippen LogP contribution in [-0.2, 0) is 17.9 Å². The van der Waals surface area contributed by atoms with Gasteiger partial charge in [-0.15, -0.1) is 0 Å².